The molecular weight excluding hydrogens is 419 g/mol. The molecule has 1 aliphatic carbocycles. The van der Waals surface area contributed by atoms with E-state index in [4.69, 9.17) is 10.5 Å². The van der Waals surface area contributed by atoms with Crippen molar-refractivity contribution in [2.75, 3.05) is 26.3 Å². The van der Waals surface area contributed by atoms with Gasteiger partial charge in [-0.2, -0.15) is 5.26 Å². The number of nitrogens with two attached hydrogens (primary N) is 1. The summed E-state index contributed by atoms with van der Waals surface area (Å²) in [6.45, 7) is 2.32. The molecule has 6 nitrogen and oxygen atoms in total. The Bertz CT molecular complexity index is 1160. The van der Waals surface area contributed by atoms with Gasteiger partial charge in [-0.05, 0) is 35.6 Å². The Labute approximate surface area is 192 Å². The van der Waals surface area contributed by atoms with E-state index in [2.05, 4.69) is 11.1 Å². The van der Waals surface area contributed by atoms with E-state index in [0.717, 1.165) is 11.3 Å². The van der Waals surface area contributed by atoms with Gasteiger partial charge in [0.1, 0.15) is 11.6 Å². The topological polar surface area (TPSA) is 82.6 Å². The van der Waals surface area contributed by atoms with Crippen molar-refractivity contribution < 1.29 is 13.9 Å². The van der Waals surface area contributed by atoms with Gasteiger partial charge in [0.25, 0.3) is 0 Å². The summed E-state index contributed by atoms with van der Waals surface area (Å²) in [5.74, 6) is -0.626. The zero-order valence-electron chi connectivity index (χ0n) is 18.2. The molecule has 168 valence electrons. The Morgan fingerprint density at radius 1 is 1.00 bits per heavy atom. The lowest BCUT2D eigenvalue weighted by molar-refractivity contribution is -0.117. The summed E-state index contributed by atoms with van der Waals surface area (Å²) < 4.78 is 19.2. The first-order valence-corrected chi connectivity index (χ1v) is 11.2. The highest BCUT2D eigenvalue weighted by Gasteiger charge is 2.44. The number of morpholine rings is 1. The highest BCUT2D eigenvalue weighted by Crippen LogP contribution is 2.48. The van der Waals surface area contributed by atoms with Crippen LogP contribution in [0.5, 0.6) is 0 Å². The maximum Gasteiger partial charge on any atom is 0.162 e. The van der Waals surface area contributed by atoms with Gasteiger partial charge in [-0.25, -0.2) is 9.40 Å². The quantitative estimate of drug-likeness (QED) is 0.780. The molecular formula is C26H25FN4O2. The molecule has 2 atom stereocenters. The van der Waals surface area contributed by atoms with Gasteiger partial charge in [-0.3, -0.25) is 9.80 Å². The molecule has 1 saturated heterocycles. The van der Waals surface area contributed by atoms with Crippen LogP contribution < -0.4 is 5.73 Å². The van der Waals surface area contributed by atoms with Gasteiger partial charge in [0.2, 0.25) is 0 Å². The van der Waals surface area contributed by atoms with Crippen LogP contribution in [0.25, 0.3) is 0 Å². The minimum absolute atomic E-state index is 0.00191. The highest BCUT2D eigenvalue weighted by atomic mass is 19.1. The van der Waals surface area contributed by atoms with Crippen LogP contribution in [0.1, 0.15) is 35.8 Å². The monoisotopic (exact) mass is 444 g/mol. The van der Waals surface area contributed by atoms with Crippen molar-refractivity contribution in [1.82, 2.24) is 10.0 Å². The number of benzene rings is 2. The maximum absolute atomic E-state index is 13.7. The highest BCUT2D eigenvalue weighted by molar-refractivity contribution is 6.00. The van der Waals surface area contributed by atoms with Crippen LogP contribution in [0.3, 0.4) is 0 Å². The number of carbonyl (C=O) groups excluding carboxylic acids is 1. The number of nitriles is 1. The number of halogens is 1. The molecule has 2 aromatic carbocycles. The number of hydrazine groups is 1. The zero-order chi connectivity index (χ0) is 22.9. The van der Waals surface area contributed by atoms with Crippen LogP contribution in [0.15, 0.2) is 77.3 Å². The number of ether oxygens (including phenoxy) is 1. The van der Waals surface area contributed by atoms with Gasteiger partial charge in [0.05, 0.1) is 30.8 Å². The Kier molecular flexibility index (Phi) is 5.71. The van der Waals surface area contributed by atoms with Crippen molar-refractivity contribution in [1.29, 1.82) is 5.26 Å². The number of Topliss-reactive ketones (excluding diaryl/α,β-unsaturated/α-hetero) is 1. The second-order valence-corrected chi connectivity index (χ2v) is 8.57. The first kappa shape index (κ1) is 21.4. The second-order valence-electron chi connectivity index (χ2n) is 8.57. The standard InChI is InChI=1S/C26H25FN4O2/c27-20-8-6-18(7-9-20)24-21(16-28)26(29)31(30-10-12-33-13-11-30)22-14-19(15-23(32)25(22)24)17-4-2-1-3-5-17/h1-9,19,24H,10-15,29H2. The third kappa shape index (κ3) is 3.82. The maximum atomic E-state index is 13.7. The molecule has 1 fully saturated rings. The molecule has 2 heterocycles. The molecule has 0 amide bonds. The fraction of sp³-hybridized carbons (Fsp3) is 0.308. The van der Waals surface area contributed by atoms with Gasteiger partial charge < -0.3 is 10.5 Å². The lowest BCUT2D eigenvalue weighted by atomic mass is 9.72. The summed E-state index contributed by atoms with van der Waals surface area (Å²) in [5.41, 5.74) is 10.2. The van der Waals surface area contributed by atoms with Crippen molar-refractivity contribution in [3.05, 3.63) is 94.2 Å². The predicted molar refractivity (Wildman–Crippen MR) is 121 cm³/mol. The van der Waals surface area contributed by atoms with E-state index < -0.39 is 5.92 Å². The van der Waals surface area contributed by atoms with E-state index in [0.29, 0.717) is 61.7 Å². The summed E-state index contributed by atoms with van der Waals surface area (Å²) >= 11 is 0. The Morgan fingerprint density at radius 2 is 1.70 bits per heavy atom. The van der Waals surface area contributed by atoms with E-state index in [1.54, 1.807) is 12.1 Å². The lowest BCUT2D eigenvalue weighted by Gasteiger charge is -2.47. The van der Waals surface area contributed by atoms with Gasteiger partial charge in [0.15, 0.2) is 5.78 Å². The number of carbonyl (C=O) groups is 1. The molecule has 2 aromatic rings. The summed E-state index contributed by atoms with van der Waals surface area (Å²) in [4.78, 5) is 13.7. The largest absolute Gasteiger partial charge is 0.383 e. The minimum atomic E-state index is -0.605. The molecule has 33 heavy (non-hydrogen) atoms. The molecule has 2 N–H and O–H groups in total. The van der Waals surface area contributed by atoms with E-state index >= 15 is 0 Å². The third-order valence-corrected chi connectivity index (χ3v) is 6.69. The molecule has 5 rings (SSSR count). The average Bonchev–Trinajstić information content (AvgIpc) is 2.85. The van der Waals surface area contributed by atoms with E-state index in [-0.39, 0.29) is 17.5 Å². The molecule has 7 heteroatoms. The number of nitrogens with zero attached hydrogens (tertiary/aromatic N) is 3. The van der Waals surface area contributed by atoms with Crippen molar-refractivity contribution in [2.24, 2.45) is 5.73 Å². The number of allylic oxidation sites excluding steroid dienone is 3. The first-order valence-electron chi connectivity index (χ1n) is 11.2. The molecule has 3 aliphatic rings. The zero-order valence-corrected chi connectivity index (χ0v) is 18.2. The predicted octanol–water partition coefficient (Wildman–Crippen LogP) is 3.57. The molecule has 2 unspecified atom stereocenters. The SMILES string of the molecule is N#CC1=C(N)N(N2CCOCC2)C2=C(C(=O)CC(c3ccccc3)C2)C1c1ccc(F)cc1. The average molecular weight is 445 g/mol. The summed E-state index contributed by atoms with van der Waals surface area (Å²) in [6, 6.07) is 18.3. The van der Waals surface area contributed by atoms with Crippen LogP contribution in [0, 0.1) is 17.1 Å². The van der Waals surface area contributed by atoms with E-state index in [1.165, 1.54) is 12.1 Å². The van der Waals surface area contributed by atoms with Crippen LogP contribution in [0.4, 0.5) is 4.39 Å². The van der Waals surface area contributed by atoms with Crippen molar-refractivity contribution >= 4 is 5.78 Å². The first-order chi connectivity index (χ1) is 16.1. The fourth-order valence-corrected chi connectivity index (χ4v) is 5.14. The Balaban J connectivity index is 1.66. The molecule has 2 aliphatic heterocycles. The molecule has 0 spiro atoms. The molecule has 0 bridgehead atoms. The molecule has 0 radical (unpaired) electrons. The number of ketones is 1. The molecule has 0 aromatic heterocycles. The van der Waals surface area contributed by atoms with Crippen LogP contribution in [-0.4, -0.2) is 42.1 Å². The number of hydrogen-bond acceptors (Lipinski definition) is 6. The summed E-state index contributed by atoms with van der Waals surface area (Å²) in [6.07, 6.45) is 0.982. The number of hydrogen-bond donors (Lipinski definition) is 1. The normalized spacial score (nSPS) is 24.0. The Morgan fingerprint density at radius 3 is 2.36 bits per heavy atom. The summed E-state index contributed by atoms with van der Waals surface area (Å²) in [5, 5.41) is 14.0. The van der Waals surface area contributed by atoms with Crippen LogP contribution in [0.2, 0.25) is 0 Å². The molecule has 0 saturated carbocycles. The van der Waals surface area contributed by atoms with Crippen LogP contribution >= 0.6 is 0 Å². The van der Waals surface area contributed by atoms with E-state index in [1.807, 2.05) is 35.3 Å². The van der Waals surface area contributed by atoms with E-state index in [9.17, 15) is 14.4 Å². The fourth-order valence-electron chi connectivity index (χ4n) is 5.14. The Hall–Kier alpha value is -3.47. The minimum Gasteiger partial charge on any atom is -0.383 e. The van der Waals surface area contributed by atoms with Gasteiger partial charge >= 0.3 is 0 Å². The van der Waals surface area contributed by atoms with Crippen molar-refractivity contribution in [3.8, 4) is 6.07 Å². The second kappa shape index (κ2) is 8.81. The smallest absolute Gasteiger partial charge is 0.162 e. The number of rotatable bonds is 3. The van der Waals surface area contributed by atoms with Gasteiger partial charge in [0, 0.05) is 30.8 Å². The van der Waals surface area contributed by atoms with Crippen LogP contribution in [-0.2, 0) is 9.53 Å². The summed E-state index contributed by atoms with van der Waals surface area (Å²) in [7, 11) is 0. The lowest BCUT2D eigenvalue weighted by Crippen LogP contribution is -2.52. The van der Waals surface area contributed by atoms with Gasteiger partial charge in [-0.1, -0.05) is 42.5 Å². The van der Waals surface area contributed by atoms with Crippen molar-refractivity contribution in [2.45, 2.75) is 24.7 Å². The van der Waals surface area contributed by atoms with Gasteiger partial charge in [-0.15, -0.1) is 0 Å². The van der Waals surface area contributed by atoms with Crippen molar-refractivity contribution in [3.63, 3.8) is 0 Å². The third-order valence-electron chi connectivity index (χ3n) is 6.69.